The quantitative estimate of drug-likeness (QED) is 0.427. The Morgan fingerprint density at radius 3 is 2.36 bits per heavy atom. The minimum Gasteiger partial charge on any atom is -0.489 e. The van der Waals surface area contributed by atoms with Crippen molar-refractivity contribution in [2.75, 3.05) is 38.2 Å². The number of cyclic esters (lactones) is 1. The highest BCUT2D eigenvalue weighted by Crippen LogP contribution is 2.38. The number of anilines is 1. The van der Waals surface area contributed by atoms with Crippen LogP contribution in [0.15, 0.2) is 78.9 Å². The highest BCUT2D eigenvalue weighted by molar-refractivity contribution is 5.96. The first-order valence-electron chi connectivity index (χ1n) is 13.5. The van der Waals surface area contributed by atoms with Gasteiger partial charge in [-0.1, -0.05) is 42.5 Å². The minimum atomic E-state index is -0.717. The third-order valence-corrected chi connectivity index (χ3v) is 7.53. The van der Waals surface area contributed by atoms with Crippen molar-refractivity contribution in [3.8, 4) is 5.75 Å². The van der Waals surface area contributed by atoms with Crippen LogP contribution in [0.4, 0.5) is 10.5 Å². The number of carbonyl (C=O) groups is 2. The molecule has 5 rings (SSSR count). The SMILES string of the molecule is CN1CCC(CNC(=O)c2ccc(N3C(=O)O[C@H](CO)[C@H]3c3ccc(OCc4ccccc4)cc3)cc2)CC1. The Hall–Kier alpha value is -3.88. The van der Waals surface area contributed by atoms with E-state index < -0.39 is 18.2 Å². The maximum atomic E-state index is 12.9. The number of aliphatic hydroxyl groups excluding tert-OH is 1. The van der Waals surface area contributed by atoms with Gasteiger partial charge in [-0.15, -0.1) is 0 Å². The predicted molar refractivity (Wildman–Crippen MR) is 149 cm³/mol. The average Bonchev–Trinajstić information content (AvgIpc) is 3.32. The van der Waals surface area contributed by atoms with E-state index in [2.05, 4.69) is 17.3 Å². The summed E-state index contributed by atoms with van der Waals surface area (Å²) in [6.45, 7) is 2.92. The Balaban J connectivity index is 1.25. The number of ether oxygens (including phenoxy) is 2. The first-order valence-corrected chi connectivity index (χ1v) is 13.5. The fourth-order valence-electron chi connectivity index (χ4n) is 5.18. The smallest absolute Gasteiger partial charge is 0.415 e. The van der Waals surface area contributed by atoms with Crippen molar-refractivity contribution >= 4 is 17.7 Å². The summed E-state index contributed by atoms with van der Waals surface area (Å²) in [4.78, 5) is 29.4. The molecule has 2 aliphatic heterocycles. The second-order valence-corrected chi connectivity index (χ2v) is 10.3. The molecule has 3 aromatic carbocycles. The summed E-state index contributed by atoms with van der Waals surface area (Å²) in [5, 5.41) is 13.0. The Kier molecular flexibility index (Phi) is 8.44. The van der Waals surface area contributed by atoms with E-state index >= 15 is 0 Å². The van der Waals surface area contributed by atoms with Crippen LogP contribution in [0, 0.1) is 5.92 Å². The molecule has 2 heterocycles. The number of nitrogens with one attached hydrogen (secondary N) is 1. The lowest BCUT2D eigenvalue weighted by Gasteiger charge is -2.29. The summed E-state index contributed by atoms with van der Waals surface area (Å²) in [5.74, 6) is 1.08. The Labute approximate surface area is 229 Å². The fraction of sp³-hybridized carbons (Fsp3) is 0.355. The van der Waals surface area contributed by atoms with Gasteiger partial charge in [0.15, 0.2) is 6.10 Å². The molecule has 0 spiro atoms. The molecular formula is C31H35N3O5. The highest BCUT2D eigenvalue weighted by Gasteiger charge is 2.43. The second-order valence-electron chi connectivity index (χ2n) is 10.3. The predicted octanol–water partition coefficient (Wildman–Crippen LogP) is 4.40. The van der Waals surface area contributed by atoms with Gasteiger partial charge >= 0.3 is 6.09 Å². The van der Waals surface area contributed by atoms with Gasteiger partial charge in [-0.05, 0) is 86.4 Å². The Morgan fingerprint density at radius 1 is 1.00 bits per heavy atom. The van der Waals surface area contributed by atoms with Gasteiger partial charge in [0.2, 0.25) is 0 Å². The monoisotopic (exact) mass is 529 g/mol. The molecule has 0 aromatic heterocycles. The van der Waals surface area contributed by atoms with E-state index in [-0.39, 0.29) is 12.5 Å². The molecule has 0 bridgehead atoms. The van der Waals surface area contributed by atoms with Crippen LogP contribution in [0.3, 0.4) is 0 Å². The maximum Gasteiger partial charge on any atom is 0.415 e. The molecule has 3 aromatic rings. The topological polar surface area (TPSA) is 91.3 Å². The summed E-state index contributed by atoms with van der Waals surface area (Å²) in [5.41, 5.74) is 3.01. The number of rotatable bonds is 9. The van der Waals surface area contributed by atoms with Crippen molar-refractivity contribution in [2.24, 2.45) is 5.92 Å². The summed E-state index contributed by atoms with van der Waals surface area (Å²) in [7, 11) is 2.12. The zero-order chi connectivity index (χ0) is 27.2. The molecular weight excluding hydrogens is 494 g/mol. The number of nitrogens with zero attached hydrogens (tertiary/aromatic N) is 2. The highest BCUT2D eigenvalue weighted by atomic mass is 16.6. The molecule has 2 saturated heterocycles. The van der Waals surface area contributed by atoms with E-state index in [9.17, 15) is 14.7 Å². The Morgan fingerprint density at radius 2 is 1.69 bits per heavy atom. The van der Waals surface area contributed by atoms with Gasteiger partial charge in [0.05, 0.1) is 6.61 Å². The van der Waals surface area contributed by atoms with Crippen molar-refractivity contribution in [3.63, 3.8) is 0 Å². The van der Waals surface area contributed by atoms with E-state index in [0.29, 0.717) is 36.1 Å². The summed E-state index contributed by atoms with van der Waals surface area (Å²) < 4.78 is 11.4. The van der Waals surface area contributed by atoms with Crippen molar-refractivity contribution < 1.29 is 24.2 Å². The number of piperidine rings is 1. The fourth-order valence-corrected chi connectivity index (χ4v) is 5.18. The third kappa shape index (κ3) is 6.41. The number of hydrogen-bond donors (Lipinski definition) is 2. The van der Waals surface area contributed by atoms with E-state index in [1.807, 2.05) is 54.6 Å². The van der Waals surface area contributed by atoms with Gasteiger partial charge in [-0.3, -0.25) is 9.69 Å². The molecule has 8 heteroatoms. The molecule has 0 radical (unpaired) electrons. The molecule has 8 nitrogen and oxygen atoms in total. The van der Waals surface area contributed by atoms with Gasteiger partial charge < -0.3 is 24.8 Å². The van der Waals surface area contributed by atoms with Gasteiger partial charge in [0, 0.05) is 17.8 Å². The van der Waals surface area contributed by atoms with Crippen LogP contribution in [-0.4, -0.2) is 61.4 Å². The largest absolute Gasteiger partial charge is 0.489 e. The van der Waals surface area contributed by atoms with Crippen LogP contribution in [-0.2, 0) is 11.3 Å². The standard InChI is InChI=1S/C31H35N3O5/c1-33-17-15-22(16-18-33)19-32-30(36)25-7-11-26(12-8-25)34-29(28(20-35)39-31(34)37)24-9-13-27(14-10-24)38-21-23-5-3-2-4-6-23/h2-14,22,28-29,35H,15-21H2,1H3,(H,32,36)/t28-,29-/m1/s1. The molecule has 0 saturated carbocycles. The summed E-state index contributed by atoms with van der Waals surface area (Å²) >= 11 is 0. The number of aliphatic hydroxyl groups is 1. The van der Waals surface area contributed by atoms with Crippen LogP contribution in [0.5, 0.6) is 5.75 Å². The molecule has 2 amide bonds. The van der Waals surface area contributed by atoms with Gasteiger partial charge in [0.25, 0.3) is 5.91 Å². The Bertz CT molecular complexity index is 1240. The lowest BCUT2D eigenvalue weighted by Crippen LogP contribution is -2.36. The van der Waals surface area contributed by atoms with Crippen LogP contribution < -0.4 is 15.0 Å². The van der Waals surface area contributed by atoms with Crippen LogP contribution in [0.1, 0.15) is 40.4 Å². The second kappa shape index (κ2) is 12.3. The molecule has 0 unspecified atom stereocenters. The van der Waals surface area contributed by atoms with Gasteiger partial charge in [-0.25, -0.2) is 4.79 Å². The van der Waals surface area contributed by atoms with E-state index in [1.54, 1.807) is 24.3 Å². The van der Waals surface area contributed by atoms with Gasteiger partial charge in [0.1, 0.15) is 18.4 Å². The van der Waals surface area contributed by atoms with Crippen molar-refractivity contribution in [1.82, 2.24) is 10.2 Å². The number of carbonyl (C=O) groups excluding carboxylic acids is 2. The van der Waals surface area contributed by atoms with E-state index in [4.69, 9.17) is 9.47 Å². The summed E-state index contributed by atoms with van der Waals surface area (Å²) in [6, 6.07) is 23.8. The van der Waals surface area contributed by atoms with Crippen molar-refractivity contribution in [3.05, 3.63) is 95.6 Å². The minimum absolute atomic E-state index is 0.125. The van der Waals surface area contributed by atoms with Crippen LogP contribution >= 0.6 is 0 Å². The lowest BCUT2D eigenvalue weighted by molar-refractivity contribution is 0.0829. The normalized spacial score (nSPS) is 20.1. The number of amides is 2. The zero-order valence-electron chi connectivity index (χ0n) is 22.2. The lowest BCUT2D eigenvalue weighted by atomic mass is 9.97. The average molecular weight is 530 g/mol. The molecule has 0 aliphatic carbocycles. The molecule has 39 heavy (non-hydrogen) atoms. The van der Waals surface area contributed by atoms with E-state index in [1.165, 1.54) is 4.90 Å². The molecule has 2 N–H and O–H groups in total. The number of benzene rings is 3. The van der Waals surface area contributed by atoms with Crippen LogP contribution in [0.25, 0.3) is 0 Å². The van der Waals surface area contributed by atoms with Crippen LogP contribution in [0.2, 0.25) is 0 Å². The first-order chi connectivity index (χ1) is 19.0. The van der Waals surface area contributed by atoms with Crippen molar-refractivity contribution in [1.29, 1.82) is 0 Å². The first kappa shape index (κ1) is 26.7. The third-order valence-electron chi connectivity index (χ3n) is 7.53. The summed E-state index contributed by atoms with van der Waals surface area (Å²) in [6.07, 6.45) is 0.912. The number of likely N-dealkylation sites (tertiary alicyclic amines) is 1. The number of hydrogen-bond acceptors (Lipinski definition) is 6. The maximum absolute atomic E-state index is 12.9. The molecule has 204 valence electrons. The molecule has 2 atom stereocenters. The van der Waals surface area contributed by atoms with E-state index in [0.717, 1.165) is 37.1 Å². The molecule has 2 aliphatic rings. The zero-order valence-corrected chi connectivity index (χ0v) is 22.2. The van der Waals surface area contributed by atoms with Crippen molar-refractivity contribution in [2.45, 2.75) is 31.6 Å². The molecule has 2 fully saturated rings. The van der Waals surface area contributed by atoms with Gasteiger partial charge in [-0.2, -0.15) is 0 Å².